The van der Waals surface area contributed by atoms with E-state index in [0.29, 0.717) is 22.4 Å². The van der Waals surface area contributed by atoms with E-state index >= 15 is 0 Å². The van der Waals surface area contributed by atoms with Gasteiger partial charge in [-0.3, -0.25) is 5.43 Å². The Bertz CT molecular complexity index is 3960. The van der Waals surface area contributed by atoms with Gasteiger partial charge in [0.1, 0.15) is 27.8 Å². The molecule has 0 aliphatic heterocycles. The second-order valence-corrected chi connectivity index (χ2v) is 24.5. The van der Waals surface area contributed by atoms with Crippen LogP contribution >= 0.6 is 0 Å². The van der Waals surface area contributed by atoms with E-state index < -0.39 is 53.5 Å². The number of amides is 2. The first-order valence-electron chi connectivity index (χ1n) is 23.3. The summed E-state index contributed by atoms with van der Waals surface area (Å²) in [7, 11) is -11.3. The van der Waals surface area contributed by atoms with Crippen LogP contribution in [-0.2, 0) is 46.1 Å². The molecule has 6 heterocycles. The average molecular weight is 1110 g/mol. The minimum Gasteiger partial charge on any atom is -0.443 e. The lowest BCUT2D eigenvalue weighted by atomic mass is 10.2. The van der Waals surface area contributed by atoms with E-state index in [4.69, 9.17) is 21.1 Å². The fraction of sp³-hybridized carbons (Fsp3) is 0.240. The lowest BCUT2D eigenvalue weighted by Gasteiger charge is -2.23. The number of hydrogen-bond acceptors (Lipinski definition) is 19. The van der Waals surface area contributed by atoms with Gasteiger partial charge < -0.3 is 15.2 Å². The van der Waals surface area contributed by atoms with Gasteiger partial charge in [-0.25, -0.2) is 87.9 Å². The third kappa shape index (κ3) is 13.2. The zero-order valence-corrected chi connectivity index (χ0v) is 45.7. The smallest absolute Gasteiger partial charge is 0.430 e. The number of fused-ring (bicyclic) bond motifs is 3. The molecule has 6 aromatic heterocycles. The predicted octanol–water partition coefficient (Wildman–Crippen LogP) is 6.86. The number of aryl methyl sites for hydroxylation is 3. The van der Waals surface area contributed by atoms with Crippen molar-refractivity contribution in [3.63, 3.8) is 0 Å². The lowest BCUT2D eigenvalue weighted by Crippen LogP contribution is -2.42. The molecule has 0 spiro atoms. The number of nitrogens with two attached hydrogens (primary N) is 2. The summed E-state index contributed by atoms with van der Waals surface area (Å²) in [6, 6.07) is 24.4. The lowest BCUT2D eigenvalue weighted by molar-refractivity contribution is 0.0537. The minimum absolute atomic E-state index is 0.0345. The van der Waals surface area contributed by atoms with Crippen LogP contribution in [0, 0.1) is 20.8 Å². The van der Waals surface area contributed by atoms with Crippen LogP contribution in [0.25, 0.3) is 33.5 Å². The van der Waals surface area contributed by atoms with Crippen molar-refractivity contribution in [2.75, 3.05) is 10.4 Å². The average Bonchev–Trinajstić information content (AvgIpc) is 4.19. The van der Waals surface area contributed by atoms with Gasteiger partial charge in [0, 0.05) is 25.1 Å². The Kier molecular flexibility index (Phi) is 16.2. The Morgan fingerprint density at radius 2 is 0.922 bits per heavy atom. The number of ether oxygens (including phenoxy) is 2. The maximum absolute atomic E-state index is 12.9. The molecule has 24 nitrogen and oxygen atoms in total. The molecule has 0 saturated carbocycles. The zero-order chi connectivity index (χ0) is 56.3. The number of aromatic nitrogens is 9. The number of hydrogen-bond donors (Lipinski definition) is 4. The standard InChI is InChI=1S/2C18H21N5O4S.C14H14N4O2S/c1-12-5-7-13(8-6-12)28(25,26)22-10-9-14-16(22)20-11-15(21-14)23(19)17(24)27-18(2,3)4;1-12-5-7-13(8-6-12)28(25,26)23-10-9-14-16(23)19-11-15(20-14)21-22-17(24)27-18(2,3)4;1-10-2-4-12(5-3-10)21(19,20)18-7-6-13-14(18)16-9-11(8-15)17-13/h5-11H,19H2,1-4H3;5-11H,1-4H3,(H,20,21)(H,22,24);2-7,9H,8,15H2,1H3. The van der Waals surface area contributed by atoms with Crippen LogP contribution < -0.4 is 27.4 Å². The molecule has 6 N–H and O–H groups in total. The van der Waals surface area contributed by atoms with Crippen LogP contribution in [0.1, 0.15) is 63.9 Å². The molecular formula is C50H56N14O10S3. The molecule has 77 heavy (non-hydrogen) atoms. The molecule has 404 valence electrons. The number of benzene rings is 3. The van der Waals surface area contributed by atoms with Gasteiger partial charge in [-0.1, -0.05) is 53.1 Å². The van der Waals surface area contributed by atoms with Gasteiger partial charge in [-0.15, -0.1) is 0 Å². The molecule has 3 aromatic carbocycles. The van der Waals surface area contributed by atoms with Crippen molar-refractivity contribution in [3.05, 3.63) is 151 Å². The number of rotatable bonds is 10. The van der Waals surface area contributed by atoms with Crippen LogP contribution in [-0.4, -0.2) is 90.5 Å². The van der Waals surface area contributed by atoms with E-state index in [1.54, 1.807) is 108 Å². The summed E-state index contributed by atoms with van der Waals surface area (Å²) in [6.45, 7) is 16.3. The Hall–Kier alpha value is -8.37. The zero-order valence-electron chi connectivity index (χ0n) is 43.3. The summed E-state index contributed by atoms with van der Waals surface area (Å²) in [6.07, 6.45) is 6.77. The molecule has 2 amide bonds. The summed E-state index contributed by atoms with van der Waals surface area (Å²) in [4.78, 5) is 49.5. The van der Waals surface area contributed by atoms with Gasteiger partial charge in [0.05, 0.1) is 39.0 Å². The number of carbonyl (C=O) groups excluding carboxylic acids is 2. The van der Waals surface area contributed by atoms with E-state index in [1.807, 2.05) is 20.8 Å². The highest BCUT2D eigenvalue weighted by atomic mass is 32.2. The van der Waals surface area contributed by atoms with Gasteiger partial charge >= 0.3 is 12.2 Å². The van der Waals surface area contributed by atoms with Crippen molar-refractivity contribution in [2.45, 2.75) is 94.7 Å². The highest BCUT2D eigenvalue weighted by Crippen LogP contribution is 2.25. The summed E-state index contributed by atoms with van der Waals surface area (Å²) in [5, 5.41) is 0.726. The minimum atomic E-state index is -3.83. The molecule has 0 saturated heterocycles. The Morgan fingerprint density at radius 1 is 0.545 bits per heavy atom. The SMILES string of the molecule is Cc1ccc(S(=O)(=O)n2ccc3nc(CN)cnc32)cc1.Cc1ccc(S(=O)(=O)n2ccc3nc(N(N)C(=O)OC(C)(C)C)cnc32)cc1.Cc1ccc(S(=O)(=O)n2ccc3nc(NNC(=O)OC(C)(C)C)cnc32)cc1. The maximum Gasteiger partial charge on any atom is 0.430 e. The number of carbonyl (C=O) groups is 2. The molecule has 27 heteroatoms. The third-order valence-corrected chi connectivity index (χ3v) is 15.6. The summed E-state index contributed by atoms with van der Waals surface area (Å²) in [5.41, 5.74) is 14.4. The van der Waals surface area contributed by atoms with E-state index in [-0.39, 0.29) is 49.7 Å². The summed E-state index contributed by atoms with van der Waals surface area (Å²) in [5.74, 6) is 6.04. The molecule has 0 unspecified atom stereocenters. The van der Waals surface area contributed by atoms with Crippen LogP contribution in [0.5, 0.6) is 0 Å². The Balaban J connectivity index is 0.000000170. The predicted molar refractivity (Wildman–Crippen MR) is 288 cm³/mol. The Morgan fingerprint density at radius 3 is 1.32 bits per heavy atom. The van der Waals surface area contributed by atoms with Crippen molar-refractivity contribution in [1.82, 2.24) is 47.2 Å². The molecule has 0 radical (unpaired) electrons. The maximum atomic E-state index is 12.9. The van der Waals surface area contributed by atoms with Crippen LogP contribution in [0.3, 0.4) is 0 Å². The molecular weight excluding hydrogens is 1050 g/mol. The number of nitrogens with zero attached hydrogens (tertiary/aromatic N) is 10. The highest BCUT2D eigenvalue weighted by Gasteiger charge is 2.26. The highest BCUT2D eigenvalue weighted by molar-refractivity contribution is 7.90. The third-order valence-electron chi connectivity index (χ3n) is 10.6. The largest absolute Gasteiger partial charge is 0.443 e. The molecule has 0 bridgehead atoms. The number of anilines is 2. The van der Waals surface area contributed by atoms with Gasteiger partial charge in [0.2, 0.25) is 0 Å². The topological polar surface area (TPSA) is 326 Å². The van der Waals surface area contributed by atoms with E-state index in [1.165, 1.54) is 61.4 Å². The molecule has 0 atom stereocenters. The van der Waals surface area contributed by atoms with Crippen LogP contribution in [0.15, 0.2) is 143 Å². The first-order chi connectivity index (χ1) is 36.1. The molecule has 9 rings (SSSR count). The normalized spacial score (nSPS) is 12.0. The monoisotopic (exact) mass is 1110 g/mol. The van der Waals surface area contributed by atoms with Gasteiger partial charge in [-0.2, -0.15) is 5.01 Å². The molecule has 9 aromatic rings. The van der Waals surface area contributed by atoms with Crippen molar-refractivity contribution in [3.8, 4) is 0 Å². The fourth-order valence-electron chi connectivity index (χ4n) is 6.84. The fourth-order valence-corrected chi connectivity index (χ4v) is 10.7. The molecule has 0 aliphatic rings. The van der Waals surface area contributed by atoms with E-state index in [0.717, 1.165) is 33.6 Å². The van der Waals surface area contributed by atoms with Crippen LogP contribution in [0.2, 0.25) is 0 Å². The van der Waals surface area contributed by atoms with E-state index in [2.05, 4.69) is 40.8 Å². The van der Waals surface area contributed by atoms with Crippen molar-refractivity contribution in [2.24, 2.45) is 11.6 Å². The number of hydrazine groups is 2. The first kappa shape index (κ1) is 56.4. The second kappa shape index (κ2) is 22.1. The number of nitrogens with one attached hydrogen (secondary N) is 2. The summed E-state index contributed by atoms with van der Waals surface area (Å²) >= 11 is 0. The van der Waals surface area contributed by atoms with Gasteiger partial charge in [0.15, 0.2) is 28.6 Å². The second-order valence-electron chi connectivity index (χ2n) is 19.1. The van der Waals surface area contributed by atoms with Gasteiger partial charge in [-0.05, 0) is 117 Å². The molecule has 0 fully saturated rings. The summed E-state index contributed by atoms with van der Waals surface area (Å²) < 4.78 is 90.3. The van der Waals surface area contributed by atoms with Gasteiger partial charge in [0.25, 0.3) is 30.1 Å². The van der Waals surface area contributed by atoms with Crippen molar-refractivity contribution < 1.29 is 44.3 Å². The van der Waals surface area contributed by atoms with Crippen molar-refractivity contribution >= 4 is 87.4 Å². The first-order valence-corrected chi connectivity index (χ1v) is 27.6. The molecule has 0 aliphatic carbocycles. The van der Waals surface area contributed by atoms with E-state index in [9.17, 15) is 34.8 Å². The Labute approximate surface area is 444 Å². The van der Waals surface area contributed by atoms with Crippen LogP contribution in [0.4, 0.5) is 21.2 Å². The van der Waals surface area contributed by atoms with Crippen molar-refractivity contribution in [1.29, 1.82) is 0 Å². The quantitative estimate of drug-likeness (QED) is 0.0617.